The quantitative estimate of drug-likeness (QED) is 0.713. The Morgan fingerprint density at radius 1 is 1.10 bits per heavy atom. The number of likely N-dealkylation sites (tertiary alicyclic amines) is 1. The highest BCUT2D eigenvalue weighted by Crippen LogP contribution is 2.22. The van der Waals surface area contributed by atoms with Gasteiger partial charge in [0.05, 0.1) is 5.69 Å². The zero-order valence-electron chi connectivity index (χ0n) is 15.5. The average molecular weight is 411 g/mol. The molecule has 1 aliphatic rings. The predicted octanol–water partition coefficient (Wildman–Crippen LogP) is 3.17. The molecular formula is C21H19ClN4O3. The molecule has 7 nitrogen and oxygen atoms in total. The van der Waals surface area contributed by atoms with Crippen LogP contribution in [0.2, 0.25) is 5.02 Å². The van der Waals surface area contributed by atoms with Crippen molar-refractivity contribution in [2.75, 3.05) is 13.1 Å². The van der Waals surface area contributed by atoms with Gasteiger partial charge in [-0.15, -0.1) is 0 Å². The number of amides is 1. The summed E-state index contributed by atoms with van der Waals surface area (Å²) in [6.45, 7) is 1.03. The molecule has 1 aromatic carbocycles. The van der Waals surface area contributed by atoms with Gasteiger partial charge in [-0.1, -0.05) is 11.6 Å². The van der Waals surface area contributed by atoms with E-state index >= 15 is 0 Å². The van der Waals surface area contributed by atoms with Crippen molar-refractivity contribution in [2.24, 2.45) is 0 Å². The number of pyridine rings is 1. The highest BCUT2D eigenvalue weighted by Gasteiger charge is 2.26. The molecule has 0 bridgehead atoms. The lowest BCUT2D eigenvalue weighted by molar-refractivity contribution is 0.0593. The summed E-state index contributed by atoms with van der Waals surface area (Å²) in [6, 6.07) is 12.3. The highest BCUT2D eigenvalue weighted by molar-refractivity contribution is 6.30. The van der Waals surface area contributed by atoms with E-state index in [0.717, 1.165) is 11.3 Å². The van der Waals surface area contributed by atoms with E-state index in [9.17, 15) is 9.59 Å². The van der Waals surface area contributed by atoms with Gasteiger partial charge in [-0.3, -0.25) is 14.6 Å². The molecule has 148 valence electrons. The topological polar surface area (TPSA) is 88.2 Å². The summed E-state index contributed by atoms with van der Waals surface area (Å²) in [5.41, 5.74) is 0.896. The Bertz CT molecular complexity index is 1050. The average Bonchev–Trinajstić information content (AvgIpc) is 2.76. The SMILES string of the molecule is O=C(c1cc(-c2ccncc2)n[nH]c1=O)N1CCC(Oc2ccc(Cl)cc2)CC1. The first kappa shape index (κ1) is 19.1. The van der Waals surface area contributed by atoms with E-state index in [2.05, 4.69) is 15.2 Å². The number of rotatable bonds is 4. The minimum Gasteiger partial charge on any atom is -0.490 e. The molecule has 1 saturated heterocycles. The molecule has 0 spiro atoms. The Kier molecular flexibility index (Phi) is 5.57. The van der Waals surface area contributed by atoms with Crippen molar-refractivity contribution in [3.8, 4) is 17.0 Å². The second-order valence-corrected chi connectivity index (χ2v) is 7.23. The number of aromatic amines is 1. The standard InChI is InChI=1S/C21H19ClN4O3/c22-15-1-3-16(4-2-15)29-17-7-11-26(12-8-17)21(28)18-13-19(24-25-20(18)27)14-5-9-23-10-6-14/h1-6,9-10,13,17H,7-8,11-12H2,(H,25,27). The van der Waals surface area contributed by atoms with Crippen molar-refractivity contribution >= 4 is 17.5 Å². The summed E-state index contributed by atoms with van der Waals surface area (Å²) in [5, 5.41) is 7.12. The number of benzene rings is 1. The van der Waals surface area contributed by atoms with E-state index in [-0.39, 0.29) is 17.6 Å². The smallest absolute Gasteiger partial charge is 0.277 e. The number of aromatic nitrogens is 3. The molecule has 1 amide bonds. The molecule has 3 aromatic rings. The van der Waals surface area contributed by atoms with Crippen molar-refractivity contribution in [2.45, 2.75) is 18.9 Å². The number of ether oxygens (including phenoxy) is 1. The molecule has 0 saturated carbocycles. The molecule has 1 N–H and O–H groups in total. The number of carbonyl (C=O) groups is 1. The molecule has 2 aromatic heterocycles. The molecule has 0 radical (unpaired) electrons. The summed E-state index contributed by atoms with van der Waals surface area (Å²) in [6.07, 6.45) is 4.66. The molecule has 0 unspecified atom stereocenters. The maximum atomic E-state index is 12.9. The lowest BCUT2D eigenvalue weighted by Gasteiger charge is -2.32. The first-order chi connectivity index (χ1) is 14.1. The summed E-state index contributed by atoms with van der Waals surface area (Å²) in [5.74, 6) is 0.459. The first-order valence-corrected chi connectivity index (χ1v) is 9.69. The van der Waals surface area contributed by atoms with Crippen LogP contribution in [0.1, 0.15) is 23.2 Å². The maximum Gasteiger partial charge on any atom is 0.277 e. The minimum absolute atomic E-state index is 0.0170. The third-order valence-corrected chi connectivity index (χ3v) is 5.11. The fraction of sp³-hybridized carbons (Fsp3) is 0.238. The van der Waals surface area contributed by atoms with Crippen LogP contribution in [0.25, 0.3) is 11.3 Å². The lowest BCUT2D eigenvalue weighted by Crippen LogP contribution is -2.43. The van der Waals surface area contributed by atoms with E-state index in [1.54, 1.807) is 41.6 Å². The van der Waals surface area contributed by atoms with E-state index in [4.69, 9.17) is 16.3 Å². The maximum absolute atomic E-state index is 12.9. The number of H-pyrrole nitrogens is 1. The Hall–Kier alpha value is -3.19. The van der Waals surface area contributed by atoms with Crippen molar-refractivity contribution in [3.63, 3.8) is 0 Å². The number of hydrogen-bond acceptors (Lipinski definition) is 5. The van der Waals surface area contributed by atoms with Crippen LogP contribution in [0.3, 0.4) is 0 Å². The lowest BCUT2D eigenvalue weighted by atomic mass is 10.1. The Morgan fingerprint density at radius 2 is 1.79 bits per heavy atom. The fourth-order valence-electron chi connectivity index (χ4n) is 3.29. The summed E-state index contributed by atoms with van der Waals surface area (Å²) in [7, 11) is 0. The van der Waals surface area contributed by atoms with Gasteiger partial charge in [0.2, 0.25) is 0 Å². The molecule has 0 atom stereocenters. The second kappa shape index (κ2) is 8.45. The zero-order chi connectivity index (χ0) is 20.2. The number of nitrogens with zero attached hydrogens (tertiary/aromatic N) is 3. The normalized spacial score (nSPS) is 14.6. The number of nitrogens with one attached hydrogen (secondary N) is 1. The molecule has 3 heterocycles. The van der Waals surface area contributed by atoms with Gasteiger partial charge in [-0.25, -0.2) is 5.10 Å². The van der Waals surface area contributed by atoms with E-state index in [1.165, 1.54) is 6.07 Å². The van der Waals surface area contributed by atoms with Gasteiger partial charge >= 0.3 is 0 Å². The first-order valence-electron chi connectivity index (χ1n) is 9.32. The van der Waals surface area contributed by atoms with Crippen LogP contribution < -0.4 is 10.3 Å². The highest BCUT2D eigenvalue weighted by atomic mass is 35.5. The molecule has 8 heteroatoms. The number of carbonyl (C=O) groups excluding carboxylic acids is 1. The predicted molar refractivity (Wildman–Crippen MR) is 109 cm³/mol. The van der Waals surface area contributed by atoms with Crippen molar-refractivity contribution < 1.29 is 9.53 Å². The second-order valence-electron chi connectivity index (χ2n) is 6.80. The summed E-state index contributed by atoms with van der Waals surface area (Å²) < 4.78 is 5.96. The van der Waals surface area contributed by atoms with Gasteiger partial charge in [-0.2, -0.15) is 5.10 Å². The molecule has 4 rings (SSSR count). The van der Waals surface area contributed by atoms with Crippen LogP contribution in [0.4, 0.5) is 0 Å². The van der Waals surface area contributed by atoms with E-state index in [1.807, 2.05) is 12.1 Å². The Balaban J connectivity index is 1.43. The van der Waals surface area contributed by atoms with Crippen LogP contribution in [-0.2, 0) is 0 Å². The zero-order valence-corrected chi connectivity index (χ0v) is 16.3. The van der Waals surface area contributed by atoms with E-state index in [0.29, 0.717) is 36.6 Å². The monoisotopic (exact) mass is 410 g/mol. The van der Waals surface area contributed by atoms with Crippen LogP contribution in [-0.4, -0.2) is 45.2 Å². The van der Waals surface area contributed by atoms with Crippen LogP contribution in [0.5, 0.6) is 5.75 Å². The van der Waals surface area contributed by atoms with Gasteiger partial charge < -0.3 is 9.64 Å². The third-order valence-electron chi connectivity index (χ3n) is 4.86. The van der Waals surface area contributed by atoms with E-state index < -0.39 is 5.56 Å². The van der Waals surface area contributed by atoms with Gasteiger partial charge in [0, 0.05) is 48.9 Å². The Morgan fingerprint density at radius 3 is 2.48 bits per heavy atom. The minimum atomic E-state index is -0.493. The number of hydrogen-bond donors (Lipinski definition) is 1. The van der Waals surface area contributed by atoms with Gasteiger partial charge in [0.15, 0.2) is 0 Å². The van der Waals surface area contributed by atoms with Crippen molar-refractivity contribution in [1.82, 2.24) is 20.1 Å². The number of piperidine rings is 1. The fourth-order valence-corrected chi connectivity index (χ4v) is 3.41. The van der Waals surface area contributed by atoms with Crippen LogP contribution >= 0.6 is 11.6 Å². The molecule has 0 aliphatic carbocycles. The van der Waals surface area contributed by atoms with Crippen molar-refractivity contribution in [3.05, 3.63) is 75.8 Å². The van der Waals surface area contributed by atoms with Crippen molar-refractivity contribution in [1.29, 1.82) is 0 Å². The van der Waals surface area contributed by atoms with Gasteiger partial charge in [-0.05, 0) is 42.5 Å². The number of halogens is 1. The van der Waals surface area contributed by atoms with Gasteiger partial charge in [0.25, 0.3) is 11.5 Å². The molecule has 29 heavy (non-hydrogen) atoms. The third kappa shape index (κ3) is 4.46. The van der Waals surface area contributed by atoms with Crippen LogP contribution in [0.15, 0.2) is 59.7 Å². The largest absolute Gasteiger partial charge is 0.490 e. The molecule has 1 fully saturated rings. The molecular weight excluding hydrogens is 392 g/mol. The summed E-state index contributed by atoms with van der Waals surface area (Å²) >= 11 is 5.89. The van der Waals surface area contributed by atoms with Gasteiger partial charge in [0.1, 0.15) is 17.4 Å². The summed E-state index contributed by atoms with van der Waals surface area (Å²) in [4.78, 5) is 30.8. The molecule has 1 aliphatic heterocycles. The van der Waals surface area contributed by atoms with Crippen LogP contribution in [0, 0.1) is 0 Å². The Labute approximate surface area is 172 Å².